The van der Waals surface area contributed by atoms with Gasteiger partial charge in [0, 0.05) is 6.54 Å². The molecule has 0 aliphatic rings. The predicted molar refractivity (Wildman–Crippen MR) is 44.0 cm³/mol. The highest BCUT2D eigenvalue weighted by atomic mass is 32.2. The third-order valence-electron chi connectivity index (χ3n) is 1.18. The van der Waals surface area contributed by atoms with Crippen LogP contribution in [-0.4, -0.2) is 24.9 Å². The Morgan fingerprint density at radius 2 is 2.50 bits per heavy atom. The molecule has 0 unspecified atom stereocenters. The molecule has 0 atom stereocenters. The minimum Gasteiger partial charge on any atom is -0.335 e. The van der Waals surface area contributed by atoms with Crippen LogP contribution in [0.25, 0.3) is 0 Å². The highest BCUT2D eigenvalue weighted by Crippen LogP contribution is 2.00. The van der Waals surface area contributed by atoms with Gasteiger partial charge in [-0.15, -0.1) is 6.58 Å². The molecule has 0 amide bonds. The Hall–Kier alpha value is -1.14. The highest BCUT2D eigenvalue weighted by molar-refractivity contribution is 7.89. The van der Waals surface area contributed by atoms with Crippen molar-refractivity contribution in [2.24, 2.45) is 0 Å². The summed E-state index contributed by atoms with van der Waals surface area (Å²) >= 11 is 0. The average molecular weight is 187 g/mol. The van der Waals surface area contributed by atoms with Crippen LogP contribution in [0, 0.1) is 0 Å². The van der Waals surface area contributed by atoms with E-state index in [-0.39, 0.29) is 11.6 Å². The molecule has 0 aliphatic carbocycles. The lowest BCUT2D eigenvalue weighted by Gasteiger charge is -1.99. The second kappa shape index (κ2) is 3.51. The first-order chi connectivity index (χ1) is 5.67. The smallest absolute Gasteiger partial charge is 0.257 e. The molecule has 0 spiro atoms. The van der Waals surface area contributed by atoms with Crippen LogP contribution >= 0.6 is 0 Å². The van der Waals surface area contributed by atoms with Gasteiger partial charge in [-0.1, -0.05) is 6.08 Å². The fourth-order valence-corrected chi connectivity index (χ4v) is 1.54. The molecule has 6 heteroatoms. The summed E-state index contributed by atoms with van der Waals surface area (Å²) in [6.07, 6.45) is 4.02. The van der Waals surface area contributed by atoms with E-state index in [2.05, 4.69) is 21.3 Å². The zero-order chi connectivity index (χ0) is 9.03. The fourth-order valence-electron chi connectivity index (χ4n) is 0.636. The average Bonchev–Trinajstić information content (AvgIpc) is 2.53. The monoisotopic (exact) mass is 187 g/mol. The lowest BCUT2D eigenvalue weighted by atomic mass is 10.7. The van der Waals surface area contributed by atoms with Crippen LogP contribution < -0.4 is 4.72 Å². The van der Waals surface area contributed by atoms with Crippen molar-refractivity contribution in [1.29, 1.82) is 0 Å². The van der Waals surface area contributed by atoms with Crippen molar-refractivity contribution < 1.29 is 8.42 Å². The number of imidazole rings is 1. The Morgan fingerprint density at radius 1 is 1.75 bits per heavy atom. The van der Waals surface area contributed by atoms with Gasteiger partial charge in [0.15, 0.2) is 5.03 Å². The molecule has 12 heavy (non-hydrogen) atoms. The summed E-state index contributed by atoms with van der Waals surface area (Å²) in [5.74, 6) is 0. The van der Waals surface area contributed by atoms with Crippen LogP contribution in [0.4, 0.5) is 0 Å². The summed E-state index contributed by atoms with van der Waals surface area (Å²) in [7, 11) is -3.42. The molecule has 1 rings (SSSR count). The lowest BCUT2D eigenvalue weighted by Crippen LogP contribution is -2.23. The number of aromatic amines is 1. The quantitative estimate of drug-likeness (QED) is 0.645. The third-order valence-corrected chi connectivity index (χ3v) is 2.53. The van der Waals surface area contributed by atoms with Gasteiger partial charge in [-0.05, 0) is 0 Å². The van der Waals surface area contributed by atoms with E-state index in [9.17, 15) is 8.42 Å². The SMILES string of the molecule is C=CCNS(=O)(=O)c1cnc[nH]1. The Balaban J connectivity index is 2.80. The van der Waals surface area contributed by atoms with E-state index < -0.39 is 10.0 Å². The Bertz CT molecular complexity index is 341. The van der Waals surface area contributed by atoms with E-state index in [4.69, 9.17) is 0 Å². The van der Waals surface area contributed by atoms with Crippen molar-refractivity contribution in [1.82, 2.24) is 14.7 Å². The number of aromatic nitrogens is 2. The van der Waals surface area contributed by atoms with Crippen molar-refractivity contribution >= 4 is 10.0 Å². The van der Waals surface area contributed by atoms with Gasteiger partial charge in [0.05, 0.1) is 12.5 Å². The van der Waals surface area contributed by atoms with Gasteiger partial charge < -0.3 is 4.98 Å². The molecule has 1 aromatic rings. The first-order valence-corrected chi connectivity index (χ1v) is 4.74. The molecule has 0 fully saturated rings. The van der Waals surface area contributed by atoms with Crippen molar-refractivity contribution in [3.05, 3.63) is 25.2 Å². The highest BCUT2D eigenvalue weighted by Gasteiger charge is 2.12. The first kappa shape index (κ1) is 8.95. The van der Waals surface area contributed by atoms with Crippen LogP contribution in [0.2, 0.25) is 0 Å². The number of sulfonamides is 1. The van der Waals surface area contributed by atoms with Crippen LogP contribution in [0.1, 0.15) is 0 Å². The van der Waals surface area contributed by atoms with E-state index in [1.54, 1.807) is 0 Å². The van der Waals surface area contributed by atoms with E-state index in [1.165, 1.54) is 18.6 Å². The third kappa shape index (κ3) is 1.93. The molecule has 66 valence electrons. The molecule has 0 radical (unpaired) electrons. The van der Waals surface area contributed by atoms with E-state index in [0.717, 1.165) is 0 Å². The molecule has 0 aliphatic heterocycles. The van der Waals surface area contributed by atoms with Gasteiger partial charge in [0.25, 0.3) is 10.0 Å². The van der Waals surface area contributed by atoms with Crippen molar-refractivity contribution in [3.8, 4) is 0 Å². The van der Waals surface area contributed by atoms with Crippen LogP contribution in [0.15, 0.2) is 30.2 Å². The van der Waals surface area contributed by atoms with Crippen LogP contribution in [0.5, 0.6) is 0 Å². The zero-order valence-corrected chi connectivity index (χ0v) is 7.13. The van der Waals surface area contributed by atoms with Crippen molar-refractivity contribution in [2.75, 3.05) is 6.54 Å². The number of H-pyrrole nitrogens is 1. The number of nitrogens with one attached hydrogen (secondary N) is 2. The van der Waals surface area contributed by atoms with Crippen molar-refractivity contribution in [2.45, 2.75) is 5.03 Å². The molecule has 0 bridgehead atoms. The summed E-state index contributed by atoms with van der Waals surface area (Å²) in [5, 5.41) is 0.0596. The van der Waals surface area contributed by atoms with Crippen LogP contribution in [0.3, 0.4) is 0 Å². The first-order valence-electron chi connectivity index (χ1n) is 3.26. The normalized spacial score (nSPS) is 11.3. The van der Waals surface area contributed by atoms with Crippen molar-refractivity contribution in [3.63, 3.8) is 0 Å². The van der Waals surface area contributed by atoms with Crippen LogP contribution in [-0.2, 0) is 10.0 Å². The molecule has 2 N–H and O–H groups in total. The molecule has 0 aromatic carbocycles. The topological polar surface area (TPSA) is 74.8 Å². The maximum atomic E-state index is 11.2. The lowest BCUT2D eigenvalue weighted by molar-refractivity contribution is 0.582. The second-order valence-corrected chi connectivity index (χ2v) is 3.79. The fraction of sp³-hybridized carbons (Fsp3) is 0.167. The molecule has 5 nitrogen and oxygen atoms in total. The Morgan fingerprint density at radius 3 is 3.00 bits per heavy atom. The van der Waals surface area contributed by atoms with Gasteiger partial charge in [-0.25, -0.2) is 18.1 Å². The maximum absolute atomic E-state index is 11.2. The number of hydrogen-bond donors (Lipinski definition) is 2. The van der Waals surface area contributed by atoms with E-state index >= 15 is 0 Å². The summed E-state index contributed by atoms with van der Waals surface area (Å²) in [6.45, 7) is 3.60. The molecule has 1 heterocycles. The van der Waals surface area contributed by atoms with Gasteiger partial charge in [0.1, 0.15) is 0 Å². The standard InChI is InChI=1S/C6H9N3O2S/c1-2-3-9-12(10,11)6-4-7-5-8-6/h2,4-5,9H,1,3H2,(H,7,8). The minimum absolute atomic E-state index is 0.0596. The van der Waals surface area contributed by atoms with E-state index in [0.29, 0.717) is 0 Å². The molecule has 0 saturated carbocycles. The van der Waals surface area contributed by atoms with Gasteiger partial charge in [-0.3, -0.25) is 0 Å². The maximum Gasteiger partial charge on any atom is 0.257 e. The number of rotatable bonds is 4. The Kier molecular flexibility index (Phi) is 2.61. The number of hydrogen-bond acceptors (Lipinski definition) is 3. The zero-order valence-electron chi connectivity index (χ0n) is 6.32. The predicted octanol–water partition coefficient (Wildman–Crippen LogP) is -0.126. The largest absolute Gasteiger partial charge is 0.335 e. The van der Waals surface area contributed by atoms with Gasteiger partial charge >= 0.3 is 0 Å². The summed E-state index contributed by atoms with van der Waals surface area (Å²) in [4.78, 5) is 6.09. The minimum atomic E-state index is -3.42. The van der Waals surface area contributed by atoms with Gasteiger partial charge in [-0.2, -0.15) is 0 Å². The summed E-state index contributed by atoms with van der Waals surface area (Å²) in [5.41, 5.74) is 0. The second-order valence-electron chi connectivity index (χ2n) is 2.06. The summed E-state index contributed by atoms with van der Waals surface area (Å²) < 4.78 is 24.7. The molecular weight excluding hydrogens is 178 g/mol. The summed E-state index contributed by atoms with van der Waals surface area (Å²) in [6, 6.07) is 0. The van der Waals surface area contributed by atoms with Gasteiger partial charge in [0.2, 0.25) is 0 Å². The molecule has 0 saturated heterocycles. The van der Waals surface area contributed by atoms with E-state index in [1.807, 2.05) is 0 Å². The Labute approximate surface area is 70.6 Å². The number of nitrogens with zero attached hydrogens (tertiary/aromatic N) is 1. The molecular formula is C6H9N3O2S. The molecule has 1 aromatic heterocycles.